The lowest BCUT2D eigenvalue weighted by molar-refractivity contribution is -0.120. The zero-order valence-corrected chi connectivity index (χ0v) is 12.0. The molecule has 3 nitrogen and oxygen atoms in total. The minimum absolute atomic E-state index is 0.0387. The number of carbonyl (C=O) groups excluding carboxylic acids is 1. The quantitative estimate of drug-likeness (QED) is 0.771. The zero-order valence-electron chi connectivity index (χ0n) is 11.2. The molecular formula is C14H21NO2S. The summed E-state index contributed by atoms with van der Waals surface area (Å²) in [4.78, 5) is 11.7. The Morgan fingerprint density at radius 1 is 1.39 bits per heavy atom. The van der Waals surface area contributed by atoms with E-state index in [-0.39, 0.29) is 11.2 Å². The van der Waals surface area contributed by atoms with Gasteiger partial charge in [-0.15, -0.1) is 11.8 Å². The number of nitrogens with one attached hydrogen (secondary N) is 1. The number of ether oxygens (including phenoxy) is 1. The number of aryl methyl sites for hydroxylation is 1. The topological polar surface area (TPSA) is 38.3 Å². The van der Waals surface area contributed by atoms with Gasteiger partial charge in [-0.3, -0.25) is 4.79 Å². The van der Waals surface area contributed by atoms with E-state index in [2.05, 4.69) is 36.5 Å². The third kappa shape index (κ3) is 5.56. The van der Waals surface area contributed by atoms with Gasteiger partial charge in [0.25, 0.3) is 0 Å². The van der Waals surface area contributed by atoms with Crippen LogP contribution < -0.4 is 5.32 Å². The molecule has 0 aliphatic rings. The van der Waals surface area contributed by atoms with Crippen LogP contribution in [0.4, 0.5) is 0 Å². The number of thioether (sulfide) groups is 1. The van der Waals surface area contributed by atoms with Crippen molar-refractivity contribution in [2.24, 2.45) is 0 Å². The van der Waals surface area contributed by atoms with E-state index in [1.165, 1.54) is 11.1 Å². The smallest absolute Gasteiger partial charge is 0.232 e. The van der Waals surface area contributed by atoms with Gasteiger partial charge < -0.3 is 10.1 Å². The minimum Gasteiger partial charge on any atom is -0.383 e. The number of hydrogen-bond acceptors (Lipinski definition) is 3. The van der Waals surface area contributed by atoms with E-state index in [0.717, 1.165) is 5.75 Å². The number of carbonyl (C=O) groups is 1. The van der Waals surface area contributed by atoms with Gasteiger partial charge in [0.2, 0.25) is 5.91 Å². The average molecular weight is 267 g/mol. The lowest BCUT2D eigenvalue weighted by Crippen LogP contribution is -2.33. The Balaban J connectivity index is 2.29. The first-order valence-electron chi connectivity index (χ1n) is 6.07. The molecule has 0 aromatic heterocycles. The molecule has 0 heterocycles. The second-order valence-electron chi connectivity index (χ2n) is 4.22. The molecule has 1 N–H and O–H groups in total. The van der Waals surface area contributed by atoms with E-state index >= 15 is 0 Å². The van der Waals surface area contributed by atoms with E-state index < -0.39 is 0 Å². The maximum atomic E-state index is 11.7. The van der Waals surface area contributed by atoms with Crippen LogP contribution in [0.25, 0.3) is 0 Å². The van der Waals surface area contributed by atoms with Crippen LogP contribution >= 0.6 is 11.8 Å². The highest BCUT2D eigenvalue weighted by molar-refractivity contribution is 7.99. The molecule has 1 amide bonds. The van der Waals surface area contributed by atoms with Crippen molar-refractivity contribution < 1.29 is 9.53 Å². The number of hydrogen-bond donors (Lipinski definition) is 1. The number of methoxy groups -OCH3 is 1. The van der Waals surface area contributed by atoms with Crippen molar-refractivity contribution in [1.82, 2.24) is 5.32 Å². The molecule has 0 saturated carbocycles. The molecule has 0 aliphatic heterocycles. The van der Waals surface area contributed by atoms with Gasteiger partial charge in [0.05, 0.1) is 11.9 Å². The normalized spacial score (nSPS) is 12.2. The van der Waals surface area contributed by atoms with Gasteiger partial charge >= 0.3 is 0 Å². The SMILES string of the molecule is COCCNC(=O)[C@H](C)SCc1ccc(C)cc1. The second-order valence-corrected chi connectivity index (χ2v) is 5.55. The summed E-state index contributed by atoms with van der Waals surface area (Å²) in [6.07, 6.45) is 0. The molecule has 1 atom stereocenters. The van der Waals surface area contributed by atoms with Crippen molar-refractivity contribution >= 4 is 17.7 Å². The Hall–Kier alpha value is -1.00. The molecule has 0 fully saturated rings. The molecule has 0 aliphatic carbocycles. The Morgan fingerprint density at radius 2 is 2.06 bits per heavy atom. The summed E-state index contributed by atoms with van der Waals surface area (Å²) in [6.45, 7) is 5.13. The fraction of sp³-hybridized carbons (Fsp3) is 0.500. The lowest BCUT2D eigenvalue weighted by Gasteiger charge is -2.11. The molecule has 0 radical (unpaired) electrons. The van der Waals surface area contributed by atoms with Crippen LogP contribution in [-0.2, 0) is 15.3 Å². The largest absolute Gasteiger partial charge is 0.383 e. The van der Waals surface area contributed by atoms with Crippen LogP contribution in [0.1, 0.15) is 18.1 Å². The van der Waals surface area contributed by atoms with Gasteiger partial charge in [0.15, 0.2) is 0 Å². The summed E-state index contributed by atoms with van der Waals surface area (Å²) in [5.74, 6) is 0.934. The maximum absolute atomic E-state index is 11.7. The molecule has 1 aromatic rings. The first-order chi connectivity index (χ1) is 8.63. The van der Waals surface area contributed by atoms with Gasteiger partial charge in [-0.1, -0.05) is 29.8 Å². The molecular weight excluding hydrogens is 246 g/mol. The highest BCUT2D eigenvalue weighted by Crippen LogP contribution is 2.18. The second kappa shape index (κ2) is 8.16. The van der Waals surface area contributed by atoms with Gasteiger partial charge in [-0.2, -0.15) is 0 Å². The first-order valence-corrected chi connectivity index (χ1v) is 7.12. The van der Waals surface area contributed by atoms with Crippen molar-refractivity contribution in [3.8, 4) is 0 Å². The predicted molar refractivity (Wildman–Crippen MR) is 76.8 cm³/mol. The average Bonchev–Trinajstić information content (AvgIpc) is 2.38. The molecule has 1 rings (SSSR count). The van der Waals surface area contributed by atoms with Gasteiger partial charge in [-0.05, 0) is 19.4 Å². The summed E-state index contributed by atoms with van der Waals surface area (Å²) < 4.78 is 4.89. The molecule has 0 bridgehead atoms. The van der Waals surface area contributed by atoms with Crippen LogP contribution in [0.15, 0.2) is 24.3 Å². The maximum Gasteiger partial charge on any atom is 0.232 e. The van der Waals surface area contributed by atoms with E-state index in [1.54, 1.807) is 18.9 Å². The van der Waals surface area contributed by atoms with E-state index in [9.17, 15) is 4.79 Å². The number of rotatable bonds is 7. The Bertz CT molecular complexity index is 365. The zero-order chi connectivity index (χ0) is 13.4. The van der Waals surface area contributed by atoms with Crippen LogP contribution in [0.2, 0.25) is 0 Å². The molecule has 0 unspecified atom stereocenters. The number of amides is 1. The molecule has 18 heavy (non-hydrogen) atoms. The molecule has 0 spiro atoms. The van der Waals surface area contributed by atoms with Crippen LogP contribution in [0, 0.1) is 6.92 Å². The van der Waals surface area contributed by atoms with E-state index in [0.29, 0.717) is 13.2 Å². The summed E-state index contributed by atoms with van der Waals surface area (Å²) >= 11 is 1.65. The standard InChI is InChI=1S/C14H21NO2S/c1-11-4-6-13(7-5-11)10-18-12(2)14(16)15-8-9-17-3/h4-7,12H,8-10H2,1-3H3,(H,15,16)/t12-/m0/s1. The summed E-state index contributed by atoms with van der Waals surface area (Å²) in [5, 5.41) is 2.81. The third-order valence-corrected chi connectivity index (χ3v) is 3.81. The summed E-state index contributed by atoms with van der Waals surface area (Å²) in [6, 6.07) is 8.41. The lowest BCUT2D eigenvalue weighted by atomic mass is 10.2. The molecule has 4 heteroatoms. The van der Waals surface area contributed by atoms with Gasteiger partial charge in [0.1, 0.15) is 0 Å². The van der Waals surface area contributed by atoms with Gasteiger partial charge in [-0.25, -0.2) is 0 Å². The molecule has 100 valence electrons. The summed E-state index contributed by atoms with van der Waals surface area (Å²) in [5.41, 5.74) is 2.51. The Kier molecular flexibility index (Phi) is 6.83. The third-order valence-electron chi connectivity index (χ3n) is 2.60. The summed E-state index contributed by atoms with van der Waals surface area (Å²) in [7, 11) is 1.63. The van der Waals surface area contributed by atoms with Crippen molar-refractivity contribution in [1.29, 1.82) is 0 Å². The van der Waals surface area contributed by atoms with Crippen molar-refractivity contribution in [3.63, 3.8) is 0 Å². The van der Waals surface area contributed by atoms with Crippen LogP contribution in [-0.4, -0.2) is 31.4 Å². The van der Waals surface area contributed by atoms with E-state index in [4.69, 9.17) is 4.74 Å². The van der Waals surface area contributed by atoms with Crippen molar-refractivity contribution in [2.75, 3.05) is 20.3 Å². The van der Waals surface area contributed by atoms with Crippen LogP contribution in [0.3, 0.4) is 0 Å². The highest BCUT2D eigenvalue weighted by atomic mass is 32.2. The monoisotopic (exact) mass is 267 g/mol. The van der Waals surface area contributed by atoms with E-state index in [1.807, 2.05) is 6.92 Å². The Morgan fingerprint density at radius 3 is 2.67 bits per heavy atom. The first kappa shape index (κ1) is 15.1. The fourth-order valence-corrected chi connectivity index (χ4v) is 2.27. The highest BCUT2D eigenvalue weighted by Gasteiger charge is 2.12. The predicted octanol–water partition coefficient (Wildman–Crippen LogP) is 2.38. The van der Waals surface area contributed by atoms with Crippen molar-refractivity contribution in [2.45, 2.75) is 24.9 Å². The molecule has 1 aromatic carbocycles. The Labute approximate surface area is 113 Å². The minimum atomic E-state index is -0.0387. The fourth-order valence-electron chi connectivity index (χ4n) is 1.40. The number of benzene rings is 1. The van der Waals surface area contributed by atoms with Crippen LogP contribution in [0.5, 0.6) is 0 Å². The van der Waals surface area contributed by atoms with Gasteiger partial charge in [0, 0.05) is 19.4 Å². The van der Waals surface area contributed by atoms with Crippen molar-refractivity contribution in [3.05, 3.63) is 35.4 Å². The molecule has 0 saturated heterocycles.